The van der Waals surface area contributed by atoms with E-state index >= 15 is 0 Å². The average molecular weight is 212 g/mol. The molecule has 1 aromatic rings. The number of anilines is 1. The smallest absolute Gasteiger partial charge is 0.318 e. The van der Waals surface area contributed by atoms with E-state index in [2.05, 4.69) is 10.2 Å². The molecule has 2 atom stereocenters. The molecule has 0 amide bonds. The topological polar surface area (TPSA) is 77.4 Å². The molecule has 2 rings (SSSR count). The van der Waals surface area contributed by atoms with Gasteiger partial charge in [-0.1, -0.05) is 5.10 Å². The SMILES string of the molecule is C[C@@H]1CN(c2nnc(CN)o2)C[C@H](C)O1. The minimum absolute atomic E-state index is 0.182. The first-order valence-electron chi connectivity index (χ1n) is 5.12. The van der Waals surface area contributed by atoms with E-state index in [-0.39, 0.29) is 18.8 Å². The van der Waals surface area contributed by atoms with E-state index in [0.717, 1.165) is 13.1 Å². The number of aromatic nitrogens is 2. The fraction of sp³-hybridized carbons (Fsp3) is 0.778. The summed E-state index contributed by atoms with van der Waals surface area (Å²) >= 11 is 0. The van der Waals surface area contributed by atoms with Crippen LogP contribution in [0.25, 0.3) is 0 Å². The maximum atomic E-state index is 5.61. The Kier molecular flexibility index (Phi) is 2.88. The number of nitrogens with zero attached hydrogens (tertiary/aromatic N) is 3. The first-order chi connectivity index (χ1) is 7.19. The highest BCUT2D eigenvalue weighted by molar-refractivity contribution is 5.25. The fourth-order valence-electron chi connectivity index (χ4n) is 1.79. The van der Waals surface area contributed by atoms with Crippen LogP contribution in [-0.4, -0.2) is 35.5 Å². The quantitative estimate of drug-likeness (QED) is 0.751. The summed E-state index contributed by atoms with van der Waals surface area (Å²) in [5, 5.41) is 7.79. The summed E-state index contributed by atoms with van der Waals surface area (Å²) in [7, 11) is 0. The lowest BCUT2D eigenvalue weighted by Gasteiger charge is -2.33. The Labute approximate surface area is 88.4 Å². The van der Waals surface area contributed by atoms with Crippen LogP contribution in [0.1, 0.15) is 19.7 Å². The summed E-state index contributed by atoms with van der Waals surface area (Å²) in [4.78, 5) is 2.03. The van der Waals surface area contributed by atoms with E-state index in [4.69, 9.17) is 14.9 Å². The lowest BCUT2D eigenvalue weighted by Crippen LogP contribution is -2.45. The maximum Gasteiger partial charge on any atom is 0.318 e. The van der Waals surface area contributed by atoms with E-state index in [0.29, 0.717) is 11.9 Å². The molecule has 0 spiro atoms. The molecule has 1 aromatic heterocycles. The molecule has 2 N–H and O–H groups in total. The summed E-state index contributed by atoms with van der Waals surface area (Å²) in [6.45, 7) is 5.89. The number of morpholine rings is 1. The van der Waals surface area contributed by atoms with Gasteiger partial charge in [0.1, 0.15) is 0 Å². The molecule has 0 radical (unpaired) electrons. The van der Waals surface area contributed by atoms with E-state index < -0.39 is 0 Å². The van der Waals surface area contributed by atoms with E-state index in [9.17, 15) is 0 Å². The van der Waals surface area contributed by atoms with Crippen LogP contribution in [0.4, 0.5) is 6.01 Å². The van der Waals surface area contributed by atoms with Crippen molar-refractivity contribution in [1.82, 2.24) is 10.2 Å². The number of hydrogen-bond acceptors (Lipinski definition) is 6. The minimum atomic E-state index is 0.182. The van der Waals surface area contributed by atoms with Gasteiger partial charge in [0.2, 0.25) is 5.89 Å². The van der Waals surface area contributed by atoms with Gasteiger partial charge in [0, 0.05) is 13.1 Å². The fourth-order valence-corrected chi connectivity index (χ4v) is 1.79. The van der Waals surface area contributed by atoms with Gasteiger partial charge in [-0.3, -0.25) is 0 Å². The molecular formula is C9H16N4O2. The zero-order valence-corrected chi connectivity index (χ0v) is 9.01. The van der Waals surface area contributed by atoms with Crippen LogP contribution < -0.4 is 10.6 Å². The predicted molar refractivity (Wildman–Crippen MR) is 54.4 cm³/mol. The van der Waals surface area contributed by atoms with Gasteiger partial charge in [-0.15, -0.1) is 5.10 Å². The zero-order valence-electron chi connectivity index (χ0n) is 9.01. The molecular weight excluding hydrogens is 196 g/mol. The molecule has 1 aliphatic rings. The van der Waals surface area contributed by atoms with Crippen molar-refractivity contribution >= 4 is 6.01 Å². The van der Waals surface area contributed by atoms with Crippen LogP contribution in [0.3, 0.4) is 0 Å². The Hall–Kier alpha value is -1.14. The molecule has 1 fully saturated rings. The molecule has 0 aromatic carbocycles. The third-order valence-corrected chi connectivity index (χ3v) is 2.32. The van der Waals surface area contributed by atoms with Crippen LogP contribution >= 0.6 is 0 Å². The molecule has 15 heavy (non-hydrogen) atoms. The van der Waals surface area contributed by atoms with Crippen LogP contribution in [0.15, 0.2) is 4.42 Å². The molecule has 2 heterocycles. The molecule has 1 aliphatic heterocycles. The van der Waals surface area contributed by atoms with Gasteiger partial charge >= 0.3 is 6.01 Å². The van der Waals surface area contributed by atoms with Crippen molar-refractivity contribution in [2.75, 3.05) is 18.0 Å². The Morgan fingerprint density at radius 3 is 2.53 bits per heavy atom. The molecule has 84 valence electrons. The van der Waals surface area contributed by atoms with Crippen LogP contribution in [0.2, 0.25) is 0 Å². The predicted octanol–water partition coefficient (Wildman–Crippen LogP) is 0.142. The van der Waals surface area contributed by atoms with Gasteiger partial charge in [0.05, 0.1) is 18.8 Å². The second-order valence-corrected chi connectivity index (χ2v) is 3.84. The van der Waals surface area contributed by atoms with E-state index in [1.165, 1.54) is 0 Å². The zero-order chi connectivity index (χ0) is 10.8. The van der Waals surface area contributed by atoms with Gasteiger partial charge < -0.3 is 19.8 Å². The minimum Gasteiger partial charge on any atom is -0.407 e. The average Bonchev–Trinajstić information content (AvgIpc) is 2.64. The van der Waals surface area contributed by atoms with Crippen molar-refractivity contribution < 1.29 is 9.15 Å². The molecule has 0 saturated carbocycles. The van der Waals surface area contributed by atoms with Crippen LogP contribution in [0, 0.1) is 0 Å². The molecule has 0 unspecified atom stereocenters. The molecule has 6 nitrogen and oxygen atoms in total. The summed E-state index contributed by atoms with van der Waals surface area (Å²) in [5.74, 6) is 0.469. The van der Waals surface area contributed by atoms with Gasteiger partial charge in [0.15, 0.2) is 0 Å². The highest BCUT2D eigenvalue weighted by Crippen LogP contribution is 2.18. The second kappa shape index (κ2) is 4.16. The van der Waals surface area contributed by atoms with E-state index in [1.54, 1.807) is 0 Å². The van der Waals surface area contributed by atoms with Crippen molar-refractivity contribution in [2.45, 2.75) is 32.6 Å². The molecule has 1 saturated heterocycles. The Morgan fingerprint density at radius 2 is 2.00 bits per heavy atom. The highest BCUT2D eigenvalue weighted by atomic mass is 16.5. The lowest BCUT2D eigenvalue weighted by molar-refractivity contribution is -0.00675. The van der Waals surface area contributed by atoms with Crippen molar-refractivity contribution in [1.29, 1.82) is 0 Å². The Bertz CT molecular complexity index is 318. The largest absolute Gasteiger partial charge is 0.407 e. The lowest BCUT2D eigenvalue weighted by atomic mass is 10.2. The summed E-state index contributed by atoms with van der Waals surface area (Å²) in [5.41, 5.74) is 5.41. The second-order valence-electron chi connectivity index (χ2n) is 3.84. The van der Waals surface area contributed by atoms with Gasteiger partial charge in [0.25, 0.3) is 0 Å². The van der Waals surface area contributed by atoms with Crippen molar-refractivity contribution in [3.63, 3.8) is 0 Å². The van der Waals surface area contributed by atoms with Gasteiger partial charge in [-0.2, -0.15) is 0 Å². The number of rotatable bonds is 2. The van der Waals surface area contributed by atoms with E-state index in [1.807, 2.05) is 18.7 Å². The Balaban J connectivity index is 2.09. The molecule has 0 bridgehead atoms. The summed E-state index contributed by atoms with van der Waals surface area (Å²) in [6.07, 6.45) is 0.365. The maximum absolute atomic E-state index is 5.61. The van der Waals surface area contributed by atoms with Gasteiger partial charge in [-0.05, 0) is 13.8 Å². The number of ether oxygens (including phenoxy) is 1. The highest BCUT2D eigenvalue weighted by Gasteiger charge is 2.25. The normalized spacial score (nSPS) is 27.0. The van der Waals surface area contributed by atoms with Crippen LogP contribution in [-0.2, 0) is 11.3 Å². The standard InChI is InChI=1S/C9H16N4O2/c1-6-4-13(5-7(2)14-6)9-12-11-8(3-10)15-9/h6-7H,3-5,10H2,1-2H3/t6-,7+. The van der Waals surface area contributed by atoms with Gasteiger partial charge in [-0.25, -0.2) is 0 Å². The number of hydrogen-bond donors (Lipinski definition) is 1. The summed E-state index contributed by atoms with van der Waals surface area (Å²) < 4.78 is 11.0. The van der Waals surface area contributed by atoms with Crippen molar-refractivity contribution in [3.05, 3.63) is 5.89 Å². The first kappa shape index (κ1) is 10.4. The molecule has 0 aliphatic carbocycles. The third kappa shape index (κ3) is 2.27. The first-order valence-corrected chi connectivity index (χ1v) is 5.12. The monoisotopic (exact) mass is 212 g/mol. The Morgan fingerprint density at radius 1 is 1.33 bits per heavy atom. The van der Waals surface area contributed by atoms with Crippen LogP contribution in [0.5, 0.6) is 0 Å². The third-order valence-electron chi connectivity index (χ3n) is 2.32. The number of nitrogens with two attached hydrogens (primary N) is 1. The van der Waals surface area contributed by atoms with Crippen molar-refractivity contribution in [3.8, 4) is 0 Å². The summed E-state index contributed by atoms with van der Waals surface area (Å²) in [6, 6.07) is 0.539. The molecule has 6 heteroatoms. The van der Waals surface area contributed by atoms with Crippen molar-refractivity contribution in [2.24, 2.45) is 5.73 Å².